The topological polar surface area (TPSA) is 251 Å². The highest BCUT2D eigenvalue weighted by Crippen LogP contribution is 2.18. The van der Waals surface area contributed by atoms with E-state index in [0.29, 0.717) is 0 Å². The minimum absolute atomic E-state index is 1.60. The second-order valence-corrected chi connectivity index (χ2v) is 3.62. The molecule has 0 fully saturated rings. The molecule has 0 N–H and O–H groups in total. The zero-order valence-electron chi connectivity index (χ0n) is 10.8. The van der Waals surface area contributed by atoms with Gasteiger partial charge in [-0.2, -0.15) is 0 Å². The molecule has 0 unspecified atom stereocenters. The van der Waals surface area contributed by atoms with Crippen molar-refractivity contribution in [3.63, 3.8) is 0 Å². The maximum absolute atomic E-state index is 13.3. The quantitative estimate of drug-likeness (QED) is 0.154. The van der Waals surface area contributed by atoms with Crippen LogP contribution >= 0.6 is 0 Å². The normalized spacial score (nSPS) is 11.2. The third kappa shape index (κ3) is 4.11. The standard InChI is InChI=1S/C5H4FN5O13/c6-4(8(15)16,9(17)18)2-23-3(12)24-5(10(19)20,11(21)22)1-7(13)14/h1-2H2. The van der Waals surface area contributed by atoms with Crippen LogP contribution in [0.15, 0.2) is 0 Å². The van der Waals surface area contributed by atoms with E-state index in [4.69, 9.17) is 0 Å². The Hall–Kier alpha value is -3.80. The molecule has 0 saturated carbocycles. The van der Waals surface area contributed by atoms with Crippen molar-refractivity contribution in [2.45, 2.75) is 11.8 Å². The molecule has 24 heavy (non-hydrogen) atoms. The smallest absolute Gasteiger partial charge is 0.414 e. The summed E-state index contributed by atoms with van der Waals surface area (Å²) in [6.45, 7) is -4.47. The first-order valence-electron chi connectivity index (χ1n) is 5.04. The van der Waals surface area contributed by atoms with Crippen molar-refractivity contribution >= 4 is 6.16 Å². The lowest BCUT2D eigenvalue weighted by atomic mass is 10.4. The van der Waals surface area contributed by atoms with Gasteiger partial charge in [-0.1, -0.05) is 4.39 Å². The zero-order valence-corrected chi connectivity index (χ0v) is 10.8. The Morgan fingerprint density at radius 2 is 1.29 bits per heavy atom. The lowest BCUT2D eigenvalue weighted by Gasteiger charge is -2.13. The number of nitrogens with zero attached hydrogens (tertiary/aromatic N) is 5. The first-order valence-corrected chi connectivity index (χ1v) is 5.04. The summed E-state index contributed by atoms with van der Waals surface area (Å²) in [5, 5.41) is 51.7. The van der Waals surface area contributed by atoms with Crippen molar-refractivity contribution in [3.8, 4) is 0 Å². The van der Waals surface area contributed by atoms with Crippen LogP contribution in [0.1, 0.15) is 0 Å². The molecular formula is C5H4FN5O13. The Morgan fingerprint density at radius 1 is 0.875 bits per heavy atom. The predicted molar refractivity (Wildman–Crippen MR) is 58.8 cm³/mol. The van der Waals surface area contributed by atoms with Gasteiger partial charge in [0.1, 0.15) is 19.7 Å². The first-order chi connectivity index (χ1) is 10.8. The third-order valence-electron chi connectivity index (χ3n) is 2.09. The zero-order chi connectivity index (χ0) is 19.3. The van der Waals surface area contributed by atoms with Gasteiger partial charge in [-0.25, -0.2) is 4.79 Å². The van der Waals surface area contributed by atoms with Gasteiger partial charge < -0.3 is 4.74 Å². The van der Waals surface area contributed by atoms with Gasteiger partial charge in [0.15, 0.2) is 0 Å². The van der Waals surface area contributed by atoms with E-state index in [2.05, 4.69) is 9.47 Å². The van der Waals surface area contributed by atoms with Gasteiger partial charge in [0.2, 0.25) is 0 Å². The van der Waals surface area contributed by atoms with Crippen molar-refractivity contribution in [3.05, 3.63) is 50.6 Å². The average Bonchev–Trinajstić information content (AvgIpc) is 2.42. The highest BCUT2D eigenvalue weighted by Gasteiger charge is 2.68. The van der Waals surface area contributed by atoms with Crippen LogP contribution < -0.4 is 0 Å². The molecule has 0 saturated heterocycles. The van der Waals surface area contributed by atoms with Crippen LogP contribution in [0.5, 0.6) is 0 Å². The van der Waals surface area contributed by atoms with Crippen molar-refractivity contribution < 1.29 is 43.3 Å². The molecule has 0 amide bonds. The van der Waals surface area contributed by atoms with Gasteiger partial charge in [0, 0.05) is 4.92 Å². The fourth-order valence-corrected chi connectivity index (χ4v) is 0.943. The third-order valence-corrected chi connectivity index (χ3v) is 2.09. The highest BCUT2D eigenvalue weighted by molar-refractivity contribution is 5.60. The highest BCUT2D eigenvalue weighted by atomic mass is 19.2. The van der Waals surface area contributed by atoms with Crippen LogP contribution in [0.2, 0.25) is 0 Å². The minimum atomic E-state index is -4.58. The maximum Gasteiger partial charge on any atom is 0.690 e. The van der Waals surface area contributed by atoms with E-state index in [1.165, 1.54) is 0 Å². The Kier molecular flexibility index (Phi) is 5.87. The fourth-order valence-electron chi connectivity index (χ4n) is 0.943. The Balaban J connectivity index is 5.33. The molecule has 0 aliphatic rings. The van der Waals surface area contributed by atoms with E-state index in [1.807, 2.05) is 0 Å². The lowest BCUT2D eigenvalue weighted by Crippen LogP contribution is -2.55. The lowest BCUT2D eigenvalue weighted by molar-refractivity contribution is -0.865. The number of alkyl halides is 1. The van der Waals surface area contributed by atoms with Gasteiger partial charge in [0.05, 0.1) is 0 Å². The summed E-state index contributed by atoms with van der Waals surface area (Å²) in [6.07, 6.45) is -2.56. The Bertz CT molecular complexity index is 576. The predicted octanol–water partition coefficient (Wildman–Crippen LogP) is -1.20. The summed E-state index contributed by atoms with van der Waals surface area (Å²) in [6, 6.07) is 0. The van der Waals surface area contributed by atoms with E-state index < -0.39 is 55.7 Å². The number of hydrogen-bond acceptors (Lipinski definition) is 13. The van der Waals surface area contributed by atoms with Gasteiger partial charge in [-0.15, -0.1) is 0 Å². The number of rotatable bonds is 9. The first kappa shape index (κ1) is 20.2. The van der Waals surface area contributed by atoms with Crippen LogP contribution in [0.3, 0.4) is 0 Å². The Morgan fingerprint density at radius 3 is 1.58 bits per heavy atom. The molecule has 0 aliphatic carbocycles. The minimum Gasteiger partial charge on any atom is -0.414 e. The molecule has 0 aliphatic heterocycles. The number of ether oxygens (including phenoxy) is 2. The van der Waals surface area contributed by atoms with Crippen LogP contribution in [0.25, 0.3) is 0 Å². The van der Waals surface area contributed by atoms with Crippen molar-refractivity contribution in [2.24, 2.45) is 0 Å². The summed E-state index contributed by atoms with van der Waals surface area (Å²) < 4.78 is 20.3. The van der Waals surface area contributed by atoms with Crippen LogP contribution in [-0.2, 0) is 9.47 Å². The molecule has 0 rings (SSSR count). The van der Waals surface area contributed by atoms with E-state index in [9.17, 15) is 59.8 Å². The van der Waals surface area contributed by atoms with Crippen LogP contribution in [-0.4, -0.2) is 55.7 Å². The second kappa shape index (κ2) is 6.97. The largest absolute Gasteiger partial charge is 0.690 e. The van der Waals surface area contributed by atoms with Crippen molar-refractivity contribution in [1.29, 1.82) is 0 Å². The second-order valence-electron chi connectivity index (χ2n) is 3.62. The molecule has 0 aromatic rings. The molecule has 0 atom stereocenters. The van der Waals surface area contributed by atoms with Crippen molar-refractivity contribution in [2.75, 3.05) is 13.2 Å². The summed E-state index contributed by atoms with van der Waals surface area (Å²) in [7, 11) is 0. The average molecular weight is 361 g/mol. The molecule has 134 valence electrons. The molecule has 18 nitrogen and oxygen atoms in total. The Labute approximate surface area is 126 Å². The molecule has 0 spiro atoms. The van der Waals surface area contributed by atoms with Gasteiger partial charge >= 0.3 is 24.5 Å². The number of nitro groups is 5. The summed E-state index contributed by atoms with van der Waals surface area (Å²) in [4.78, 5) is 52.9. The van der Waals surface area contributed by atoms with Crippen LogP contribution in [0.4, 0.5) is 9.18 Å². The monoisotopic (exact) mass is 361 g/mol. The summed E-state index contributed by atoms with van der Waals surface area (Å²) in [5.41, 5.74) is 0. The molecule has 0 aromatic heterocycles. The van der Waals surface area contributed by atoms with Gasteiger partial charge in [-0.3, -0.25) is 55.3 Å². The molecule has 0 heterocycles. The van der Waals surface area contributed by atoms with E-state index >= 15 is 0 Å². The van der Waals surface area contributed by atoms with Crippen molar-refractivity contribution in [1.82, 2.24) is 0 Å². The number of carbonyl (C=O) groups is 1. The molecule has 19 heteroatoms. The summed E-state index contributed by atoms with van der Waals surface area (Å²) in [5.74, 6) is -8.77. The molecule has 0 bridgehead atoms. The molecular weight excluding hydrogens is 357 g/mol. The van der Waals surface area contributed by atoms with E-state index in [-0.39, 0.29) is 0 Å². The molecule has 0 radical (unpaired) electrons. The summed E-state index contributed by atoms with van der Waals surface area (Å²) >= 11 is 0. The SMILES string of the molecule is O=C(OCC(F)([N+](=O)[O-])[N+](=O)[O-])OC(C[N+](=O)[O-])([N+](=O)[O-])[N+](=O)[O-]. The number of hydrogen-bond donors (Lipinski definition) is 0. The van der Waals surface area contributed by atoms with Crippen LogP contribution in [0, 0.1) is 50.6 Å². The fraction of sp³-hybridized carbons (Fsp3) is 0.800. The van der Waals surface area contributed by atoms with E-state index in [1.54, 1.807) is 0 Å². The molecule has 0 aromatic carbocycles. The van der Waals surface area contributed by atoms with Gasteiger partial charge in [-0.05, 0) is 0 Å². The maximum atomic E-state index is 13.3. The van der Waals surface area contributed by atoms with E-state index in [0.717, 1.165) is 0 Å². The van der Waals surface area contributed by atoms with Gasteiger partial charge in [0.25, 0.3) is 6.61 Å². The number of carbonyl (C=O) groups excluding carboxylic acids is 1. The number of halogens is 1.